The van der Waals surface area contributed by atoms with Crippen molar-refractivity contribution < 1.29 is 4.74 Å². The molecule has 0 amide bonds. The highest BCUT2D eigenvalue weighted by molar-refractivity contribution is 5.94. The Morgan fingerprint density at radius 3 is 2.78 bits per heavy atom. The standard InChI is InChI=1S/C19H25N3O/c1-21-10-7-15(8-11-21)23-16-5-6-18-17(12-16)19-14(13-20-18)4-3-9-22(19)2/h5-6,12-13,15H,3-4,7-11H2,1-2H3. The van der Waals surface area contributed by atoms with Crippen molar-refractivity contribution in [3.8, 4) is 5.75 Å². The first kappa shape index (κ1) is 14.8. The molecule has 0 aliphatic carbocycles. The molecule has 1 saturated heterocycles. The summed E-state index contributed by atoms with van der Waals surface area (Å²) in [5, 5.41) is 1.23. The summed E-state index contributed by atoms with van der Waals surface area (Å²) in [6.45, 7) is 3.36. The van der Waals surface area contributed by atoms with E-state index in [-0.39, 0.29) is 0 Å². The number of fused-ring (bicyclic) bond motifs is 3. The van der Waals surface area contributed by atoms with Crippen molar-refractivity contribution in [2.75, 3.05) is 38.6 Å². The van der Waals surface area contributed by atoms with Crippen molar-refractivity contribution in [2.24, 2.45) is 0 Å². The van der Waals surface area contributed by atoms with Crippen LogP contribution in [0.15, 0.2) is 24.4 Å². The molecule has 2 aliphatic rings. The molecule has 0 bridgehead atoms. The van der Waals surface area contributed by atoms with Gasteiger partial charge in [-0.15, -0.1) is 0 Å². The van der Waals surface area contributed by atoms with Crippen molar-refractivity contribution >= 4 is 16.6 Å². The minimum Gasteiger partial charge on any atom is -0.490 e. The lowest BCUT2D eigenvalue weighted by Gasteiger charge is -2.30. The Hall–Kier alpha value is -1.81. The van der Waals surface area contributed by atoms with Gasteiger partial charge in [-0.25, -0.2) is 0 Å². The van der Waals surface area contributed by atoms with Crippen LogP contribution in [0.5, 0.6) is 5.75 Å². The molecule has 1 fully saturated rings. The maximum atomic E-state index is 6.27. The summed E-state index contributed by atoms with van der Waals surface area (Å²) in [7, 11) is 4.36. The fourth-order valence-corrected chi connectivity index (χ4v) is 3.82. The number of rotatable bonds is 2. The average molecular weight is 311 g/mol. The molecule has 0 radical (unpaired) electrons. The van der Waals surface area contributed by atoms with Crippen molar-refractivity contribution in [1.29, 1.82) is 0 Å². The fourth-order valence-electron chi connectivity index (χ4n) is 3.82. The maximum absolute atomic E-state index is 6.27. The molecule has 122 valence electrons. The molecule has 0 saturated carbocycles. The number of anilines is 1. The molecule has 2 aromatic rings. The molecule has 1 aromatic carbocycles. The van der Waals surface area contributed by atoms with Gasteiger partial charge in [-0.1, -0.05) is 0 Å². The van der Waals surface area contributed by atoms with Gasteiger partial charge in [0.25, 0.3) is 0 Å². The van der Waals surface area contributed by atoms with E-state index in [9.17, 15) is 0 Å². The molecule has 4 nitrogen and oxygen atoms in total. The van der Waals surface area contributed by atoms with E-state index in [1.807, 2.05) is 6.20 Å². The van der Waals surface area contributed by atoms with Gasteiger partial charge in [0, 0.05) is 38.3 Å². The Balaban J connectivity index is 1.65. The monoisotopic (exact) mass is 311 g/mol. The summed E-state index contributed by atoms with van der Waals surface area (Å²) in [4.78, 5) is 9.37. The van der Waals surface area contributed by atoms with Crippen LogP contribution >= 0.6 is 0 Å². The largest absolute Gasteiger partial charge is 0.490 e. The van der Waals surface area contributed by atoms with E-state index in [1.54, 1.807) is 0 Å². The lowest BCUT2D eigenvalue weighted by atomic mass is 10.0. The number of aryl methyl sites for hydroxylation is 1. The lowest BCUT2D eigenvalue weighted by Crippen LogP contribution is -2.35. The molecule has 1 aromatic heterocycles. The van der Waals surface area contributed by atoms with Crippen LogP contribution in [0.1, 0.15) is 24.8 Å². The Morgan fingerprint density at radius 1 is 1.13 bits per heavy atom. The number of piperidine rings is 1. The van der Waals surface area contributed by atoms with E-state index in [4.69, 9.17) is 4.74 Å². The van der Waals surface area contributed by atoms with Crippen molar-refractivity contribution in [3.63, 3.8) is 0 Å². The SMILES string of the molecule is CN1CCC(Oc2ccc3ncc4c(c3c2)N(C)CCC4)CC1. The molecular weight excluding hydrogens is 286 g/mol. The van der Waals surface area contributed by atoms with Gasteiger partial charge in [0.05, 0.1) is 11.2 Å². The van der Waals surface area contributed by atoms with Crippen molar-refractivity contribution in [1.82, 2.24) is 9.88 Å². The molecule has 2 aliphatic heterocycles. The first-order valence-electron chi connectivity index (χ1n) is 8.69. The van der Waals surface area contributed by atoms with E-state index >= 15 is 0 Å². The van der Waals surface area contributed by atoms with E-state index in [2.05, 4.69) is 47.1 Å². The van der Waals surface area contributed by atoms with Crippen LogP contribution in [-0.4, -0.2) is 49.7 Å². The fraction of sp³-hybridized carbons (Fsp3) is 0.526. The number of nitrogens with zero attached hydrogens (tertiary/aromatic N) is 3. The molecule has 4 rings (SSSR count). The zero-order chi connectivity index (χ0) is 15.8. The van der Waals surface area contributed by atoms with Gasteiger partial charge >= 0.3 is 0 Å². The third-order valence-electron chi connectivity index (χ3n) is 5.18. The number of likely N-dealkylation sites (tertiary alicyclic amines) is 1. The Kier molecular flexibility index (Phi) is 3.85. The highest BCUT2D eigenvalue weighted by Gasteiger charge is 2.20. The number of ether oxygens (including phenoxy) is 1. The first-order chi connectivity index (χ1) is 11.2. The molecule has 0 N–H and O–H groups in total. The first-order valence-corrected chi connectivity index (χ1v) is 8.69. The molecule has 4 heteroatoms. The van der Waals surface area contributed by atoms with E-state index < -0.39 is 0 Å². The molecule has 0 unspecified atom stereocenters. The van der Waals surface area contributed by atoms with Crippen LogP contribution in [-0.2, 0) is 6.42 Å². The van der Waals surface area contributed by atoms with Gasteiger partial charge in [-0.2, -0.15) is 0 Å². The Morgan fingerprint density at radius 2 is 1.96 bits per heavy atom. The summed E-state index contributed by atoms with van der Waals surface area (Å²) in [5.74, 6) is 0.987. The Labute approximate surface area is 138 Å². The van der Waals surface area contributed by atoms with Crippen molar-refractivity contribution in [2.45, 2.75) is 31.8 Å². The number of pyridine rings is 1. The van der Waals surface area contributed by atoms with Gasteiger partial charge in [0.1, 0.15) is 11.9 Å². The normalized spacial score (nSPS) is 19.8. The quantitative estimate of drug-likeness (QED) is 0.852. The van der Waals surface area contributed by atoms with Gasteiger partial charge in [0.2, 0.25) is 0 Å². The number of hydrogen-bond donors (Lipinski definition) is 0. The van der Waals surface area contributed by atoms with Crippen molar-refractivity contribution in [3.05, 3.63) is 30.0 Å². The third kappa shape index (κ3) is 2.88. The smallest absolute Gasteiger partial charge is 0.120 e. The average Bonchev–Trinajstić information content (AvgIpc) is 2.57. The van der Waals surface area contributed by atoms with Gasteiger partial charge in [-0.05, 0) is 56.5 Å². The number of hydrogen-bond acceptors (Lipinski definition) is 4. The van der Waals surface area contributed by atoms with Crippen LogP contribution in [0.3, 0.4) is 0 Å². The highest BCUT2D eigenvalue weighted by atomic mass is 16.5. The van der Waals surface area contributed by atoms with Crippen LogP contribution in [0, 0.1) is 0 Å². The topological polar surface area (TPSA) is 28.6 Å². The lowest BCUT2D eigenvalue weighted by molar-refractivity contribution is 0.114. The minimum atomic E-state index is 0.342. The van der Waals surface area contributed by atoms with Crippen LogP contribution in [0.25, 0.3) is 10.9 Å². The predicted molar refractivity (Wildman–Crippen MR) is 94.5 cm³/mol. The predicted octanol–water partition coefficient (Wildman–Crippen LogP) is 3.09. The maximum Gasteiger partial charge on any atom is 0.120 e. The molecular formula is C19H25N3O. The Bertz CT molecular complexity index is 707. The number of benzene rings is 1. The van der Waals surface area contributed by atoms with E-state index in [1.165, 1.54) is 23.1 Å². The van der Waals surface area contributed by atoms with E-state index in [0.717, 1.165) is 50.2 Å². The summed E-state index contributed by atoms with van der Waals surface area (Å²) >= 11 is 0. The molecule has 0 atom stereocenters. The summed E-state index contributed by atoms with van der Waals surface area (Å²) < 4.78 is 6.27. The number of aromatic nitrogens is 1. The minimum absolute atomic E-state index is 0.342. The second kappa shape index (κ2) is 6.00. The molecule has 23 heavy (non-hydrogen) atoms. The zero-order valence-corrected chi connectivity index (χ0v) is 14.1. The summed E-state index contributed by atoms with van der Waals surface area (Å²) in [5.41, 5.74) is 3.77. The van der Waals surface area contributed by atoms with Gasteiger partial charge < -0.3 is 14.5 Å². The van der Waals surface area contributed by atoms with Crippen LogP contribution in [0.4, 0.5) is 5.69 Å². The van der Waals surface area contributed by atoms with Crippen LogP contribution in [0.2, 0.25) is 0 Å². The second-order valence-corrected chi connectivity index (χ2v) is 6.96. The molecule has 3 heterocycles. The second-order valence-electron chi connectivity index (χ2n) is 6.96. The summed E-state index contributed by atoms with van der Waals surface area (Å²) in [6, 6.07) is 6.37. The van der Waals surface area contributed by atoms with Gasteiger partial charge in [-0.3, -0.25) is 4.98 Å². The zero-order valence-electron chi connectivity index (χ0n) is 14.1. The van der Waals surface area contributed by atoms with Crippen LogP contribution < -0.4 is 9.64 Å². The molecule has 0 spiro atoms. The van der Waals surface area contributed by atoms with Gasteiger partial charge in [0.15, 0.2) is 0 Å². The van der Waals surface area contributed by atoms with E-state index in [0.29, 0.717) is 6.10 Å². The summed E-state index contributed by atoms with van der Waals surface area (Å²) in [6.07, 6.45) is 6.95. The third-order valence-corrected chi connectivity index (χ3v) is 5.18. The highest BCUT2D eigenvalue weighted by Crippen LogP contribution is 2.35.